The van der Waals surface area contributed by atoms with E-state index in [9.17, 15) is 14.4 Å². The van der Waals surface area contributed by atoms with Gasteiger partial charge in [-0.05, 0) is 83.5 Å². The Hall–Kier alpha value is -3.15. The predicted octanol–water partition coefficient (Wildman–Crippen LogP) is 17.8. The zero-order valence-electron chi connectivity index (χ0n) is 42.0. The molecule has 6 nitrogen and oxygen atoms in total. The highest BCUT2D eigenvalue weighted by molar-refractivity contribution is 5.71. The molecule has 1 atom stereocenters. The van der Waals surface area contributed by atoms with Crippen LogP contribution in [0, 0.1) is 0 Å². The standard InChI is InChI=1S/C58H100O6/c1-4-7-10-13-16-19-21-23-25-27-28-29-30-32-33-35-37-39-42-45-48-51-57(60)63-54-55(53-62-56(59)50-47-44-41-18-15-12-9-6-3)64-58(61)52-49-46-43-40-38-36-34-31-26-24-22-20-17-14-11-8-5-2/h8,11,17,20,24,26-28,34,36,40,43,55H,4-7,9-10,12-16,18-19,21-23,25,29-33,35,37-39,41-42,44-54H2,1-3H3/b11-8-,20-17-,26-24-,28-27-,36-34-,43-40-. The molecule has 0 rings (SSSR count). The van der Waals surface area contributed by atoms with Crippen LogP contribution < -0.4 is 0 Å². The summed E-state index contributed by atoms with van der Waals surface area (Å²) in [6.07, 6.45) is 66.2. The smallest absolute Gasteiger partial charge is 0.306 e. The van der Waals surface area contributed by atoms with Crippen LogP contribution in [0.1, 0.15) is 258 Å². The van der Waals surface area contributed by atoms with Crippen LogP contribution in [0.25, 0.3) is 0 Å². The molecule has 0 N–H and O–H groups in total. The molecule has 0 aromatic carbocycles. The number of hydrogen-bond donors (Lipinski definition) is 0. The lowest BCUT2D eigenvalue weighted by Crippen LogP contribution is -2.30. The normalized spacial score (nSPS) is 12.6. The monoisotopic (exact) mass is 893 g/mol. The van der Waals surface area contributed by atoms with Crippen LogP contribution in [0.5, 0.6) is 0 Å². The first-order valence-electron chi connectivity index (χ1n) is 26.9. The number of carbonyl (C=O) groups excluding carboxylic acids is 3. The van der Waals surface area contributed by atoms with Gasteiger partial charge in [-0.15, -0.1) is 0 Å². The molecule has 1 unspecified atom stereocenters. The van der Waals surface area contributed by atoms with Gasteiger partial charge in [-0.2, -0.15) is 0 Å². The molecule has 0 amide bonds. The topological polar surface area (TPSA) is 78.9 Å². The second-order valence-electron chi connectivity index (χ2n) is 17.8. The van der Waals surface area contributed by atoms with Gasteiger partial charge in [0.15, 0.2) is 6.10 Å². The molecule has 0 aromatic rings. The quantitative estimate of drug-likeness (QED) is 0.0262. The summed E-state index contributed by atoms with van der Waals surface area (Å²) in [5.41, 5.74) is 0. The Balaban J connectivity index is 4.33. The first-order valence-corrected chi connectivity index (χ1v) is 26.9. The number of hydrogen-bond acceptors (Lipinski definition) is 6. The fraction of sp³-hybridized carbons (Fsp3) is 0.741. The summed E-state index contributed by atoms with van der Waals surface area (Å²) in [4.78, 5) is 37.9. The van der Waals surface area contributed by atoms with Crippen molar-refractivity contribution in [1.82, 2.24) is 0 Å². The lowest BCUT2D eigenvalue weighted by molar-refractivity contribution is -0.167. The highest BCUT2D eigenvalue weighted by Crippen LogP contribution is 2.15. The molecule has 368 valence electrons. The molecule has 0 bridgehead atoms. The van der Waals surface area contributed by atoms with Crippen molar-refractivity contribution in [3.05, 3.63) is 72.9 Å². The Morgan fingerprint density at radius 1 is 0.328 bits per heavy atom. The van der Waals surface area contributed by atoms with Gasteiger partial charge in [-0.3, -0.25) is 14.4 Å². The van der Waals surface area contributed by atoms with E-state index in [0.717, 1.165) is 77.0 Å². The average molecular weight is 893 g/mol. The summed E-state index contributed by atoms with van der Waals surface area (Å²) in [6, 6.07) is 0. The molecule has 0 aromatic heterocycles. The number of carbonyl (C=O) groups is 3. The number of unbranched alkanes of at least 4 members (excludes halogenated alkanes) is 25. The van der Waals surface area contributed by atoms with E-state index in [2.05, 4.69) is 93.7 Å². The van der Waals surface area contributed by atoms with Gasteiger partial charge in [0.05, 0.1) is 0 Å². The van der Waals surface area contributed by atoms with Crippen molar-refractivity contribution >= 4 is 17.9 Å². The molecule has 0 aliphatic heterocycles. The van der Waals surface area contributed by atoms with Crippen LogP contribution in [-0.4, -0.2) is 37.2 Å². The van der Waals surface area contributed by atoms with Crippen molar-refractivity contribution in [2.75, 3.05) is 13.2 Å². The Morgan fingerprint density at radius 2 is 0.625 bits per heavy atom. The van der Waals surface area contributed by atoms with Crippen LogP contribution in [0.2, 0.25) is 0 Å². The van der Waals surface area contributed by atoms with Crippen molar-refractivity contribution in [2.45, 2.75) is 264 Å². The van der Waals surface area contributed by atoms with E-state index < -0.39 is 6.10 Å². The van der Waals surface area contributed by atoms with E-state index >= 15 is 0 Å². The fourth-order valence-electron chi connectivity index (χ4n) is 7.41. The minimum atomic E-state index is -0.802. The van der Waals surface area contributed by atoms with Crippen LogP contribution in [0.15, 0.2) is 72.9 Å². The number of allylic oxidation sites excluding steroid dienone is 12. The van der Waals surface area contributed by atoms with Crippen LogP contribution in [-0.2, 0) is 28.6 Å². The Kier molecular flexibility index (Phi) is 49.9. The molecular weight excluding hydrogens is 793 g/mol. The SMILES string of the molecule is CC/C=C\C/C=C\C/C=C\C/C=C\C/C=C\CCCC(=O)OC(COC(=O)CCCCCCCCCC)COC(=O)CCCCCCCCCCC/C=C\CCCCCCCCCC. The number of rotatable bonds is 48. The van der Waals surface area contributed by atoms with E-state index in [0.29, 0.717) is 19.3 Å². The third kappa shape index (κ3) is 49.9. The predicted molar refractivity (Wildman–Crippen MR) is 274 cm³/mol. The number of esters is 3. The van der Waals surface area contributed by atoms with Crippen molar-refractivity contribution < 1.29 is 28.6 Å². The lowest BCUT2D eigenvalue weighted by Gasteiger charge is -2.18. The molecule has 0 aliphatic carbocycles. The maximum Gasteiger partial charge on any atom is 0.306 e. The van der Waals surface area contributed by atoms with Crippen molar-refractivity contribution in [1.29, 1.82) is 0 Å². The van der Waals surface area contributed by atoms with Crippen LogP contribution in [0.4, 0.5) is 0 Å². The second kappa shape index (κ2) is 52.5. The molecule has 0 aliphatic rings. The van der Waals surface area contributed by atoms with E-state index in [1.54, 1.807) is 0 Å². The highest BCUT2D eigenvalue weighted by atomic mass is 16.6. The van der Waals surface area contributed by atoms with Gasteiger partial charge in [0.2, 0.25) is 0 Å². The molecule has 0 saturated heterocycles. The molecule has 64 heavy (non-hydrogen) atoms. The highest BCUT2D eigenvalue weighted by Gasteiger charge is 2.19. The van der Waals surface area contributed by atoms with E-state index in [4.69, 9.17) is 14.2 Å². The minimum Gasteiger partial charge on any atom is -0.462 e. The van der Waals surface area contributed by atoms with Gasteiger partial charge in [-0.25, -0.2) is 0 Å². The first-order chi connectivity index (χ1) is 31.5. The first kappa shape index (κ1) is 60.9. The summed E-state index contributed by atoms with van der Waals surface area (Å²) in [5, 5.41) is 0. The largest absolute Gasteiger partial charge is 0.462 e. The van der Waals surface area contributed by atoms with Gasteiger partial charge in [-0.1, -0.05) is 229 Å². The van der Waals surface area contributed by atoms with Gasteiger partial charge in [0.25, 0.3) is 0 Å². The van der Waals surface area contributed by atoms with Gasteiger partial charge < -0.3 is 14.2 Å². The van der Waals surface area contributed by atoms with Gasteiger partial charge in [0, 0.05) is 19.3 Å². The van der Waals surface area contributed by atoms with Gasteiger partial charge in [0.1, 0.15) is 13.2 Å². The molecule has 0 heterocycles. The zero-order valence-corrected chi connectivity index (χ0v) is 42.0. The molecule has 0 saturated carbocycles. The second-order valence-corrected chi connectivity index (χ2v) is 17.8. The summed E-state index contributed by atoms with van der Waals surface area (Å²) in [6.45, 7) is 6.45. The minimum absolute atomic E-state index is 0.0975. The van der Waals surface area contributed by atoms with Crippen LogP contribution in [0.3, 0.4) is 0 Å². The molecule has 0 fully saturated rings. The molecule has 6 heteroatoms. The summed E-state index contributed by atoms with van der Waals surface area (Å²) in [5.74, 6) is -0.959. The maximum atomic E-state index is 12.8. The summed E-state index contributed by atoms with van der Waals surface area (Å²) < 4.78 is 16.7. The van der Waals surface area contributed by atoms with Gasteiger partial charge >= 0.3 is 17.9 Å². The lowest BCUT2D eigenvalue weighted by atomic mass is 10.1. The Morgan fingerprint density at radius 3 is 1.02 bits per heavy atom. The maximum absolute atomic E-state index is 12.8. The third-order valence-corrected chi connectivity index (χ3v) is 11.4. The van der Waals surface area contributed by atoms with Crippen molar-refractivity contribution in [3.8, 4) is 0 Å². The number of ether oxygens (including phenoxy) is 3. The zero-order chi connectivity index (χ0) is 46.5. The Labute approximate surface area is 395 Å². The van der Waals surface area contributed by atoms with E-state index in [1.807, 2.05) is 0 Å². The molecular formula is C58H100O6. The molecule has 0 spiro atoms. The molecule has 0 radical (unpaired) electrons. The van der Waals surface area contributed by atoms with Crippen molar-refractivity contribution in [2.24, 2.45) is 0 Å². The summed E-state index contributed by atoms with van der Waals surface area (Å²) >= 11 is 0. The Bertz CT molecular complexity index is 1210. The van der Waals surface area contributed by atoms with Crippen molar-refractivity contribution in [3.63, 3.8) is 0 Å². The van der Waals surface area contributed by atoms with Crippen LogP contribution >= 0.6 is 0 Å². The van der Waals surface area contributed by atoms with E-state index in [-0.39, 0.29) is 37.5 Å². The fourth-order valence-corrected chi connectivity index (χ4v) is 7.41. The average Bonchev–Trinajstić information content (AvgIpc) is 3.29. The van der Waals surface area contributed by atoms with E-state index in [1.165, 1.54) is 135 Å². The third-order valence-electron chi connectivity index (χ3n) is 11.4. The summed E-state index contributed by atoms with van der Waals surface area (Å²) in [7, 11) is 0.